The van der Waals surface area contributed by atoms with E-state index in [1.807, 2.05) is 13.8 Å². The van der Waals surface area contributed by atoms with E-state index in [2.05, 4.69) is 12.8 Å². The summed E-state index contributed by atoms with van der Waals surface area (Å²) in [6, 6.07) is -0.267. The third-order valence-electron chi connectivity index (χ3n) is 1.59. The molecule has 0 bridgehead atoms. The van der Waals surface area contributed by atoms with Crippen LogP contribution in [0, 0.1) is 0 Å². The Morgan fingerprint density at radius 2 is 2.00 bits per heavy atom. The Morgan fingerprint density at radius 3 is 2.18 bits per heavy atom. The van der Waals surface area contributed by atoms with Crippen molar-refractivity contribution in [3.05, 3.63) is 0 Å². The predicted molar refractivity (Wildman–Crippen MR) is 43.1 cm³/mol. The molecule has 3 amide bonds. The molecule has 1 rings (SSSR count). The molecule has 1 fully saturated rings. The molecule has 0 aromatic carbocycles. The van der Waals surface area contributed by atoms with E-state index in [1.54, 1.807) is 0 Å². The summed E-state index contributed by atoms with van der Waals surface area (Å²) in [7, 11) is 0. The Kier molecular flexibility index (Phi) is 2.08. The molecule has 0 radical (unpaired) electrons. The van der Waals surface area contributed by atoms with Crippen molar-refractivity contribution in [2.75, 3.05) is 6.54 Å². The van der Waals surface area contributed by atoms with E-state index in [9.17, 15) is 9.59 Å². The molecule has 0 aliphatic carbocycles. The van der Waals surface area contributed by atoms with E-state index in [0.29, 0.717) is 0 Å². The first-order valence-electron chi connectivity index (χ1n) is 3.36. The van der Waals surface area contributed by atoms with Crippen LogP contribution in [0.5, 0.6) is 0 Å². The lowest BCUT2D eigenvalue weighted by Crippen LogP contribution is -2.33. The smallest absolute Gasteiger partial charge is 0.312 e. The number of urea groups is 1. The number of hydrogen-bond acceptors (Lipinski definition) is 3. The second kappa shape index (κ2) is 2.73. The Bertz CT molecular complexity index is 205. The van der Waals surface area contributed by atoms with Gasteiger partial charge in [-0.05, 0) is 13.8 Å². The van der Waals surface area contributed by atoms with Gasteiger partial charge in [0.1, 0.15) is 6.54 Å². The summed E-state index contributed by atoms with van der Waals surface area (Å²) in [6.45, 7) is 3.87. The van der Waals surface area contributed by atoms with Gasteiger partial charge in [0.2, 0.25) is 0 Å². The van der Waals surface area contributed by atoms with Gasteiger partial charge in [0.25, 0.3) is 5.91 Å². The zero-order chi connectivity index (χ0) is 8.59. The fourth-order valence-corrected chi connectivity index (χ4v) is 1.09. The lowest BCUT2D eigenvalue weighted by molar-refractivity contribution is -0.121. The standard InChI is InChI=1S/C6H10N2O2S/c1-4(2)7-3-5(9)8(11)6(7)10/h4,11H,3H2,1-2H3. The molecule has 0 aromatic rings. The Labute approximate surface area is 70.7 Å². The maximum atomic E-state index is 11.1. The van der Waals surface area contributed by atoms with E-state index in [-0.39, 0.29) is 24.5 Å². The maximum Gasteiger partial charge on any atom is 0.337 e. The summed E-state index contributed by atoms with van der Waals surface area (Å²) < 4.78 is 0.847. The highest BCUT2D eigenvalue weighted by atomic mass is 32.1. The Balaban J connectivity index is 2.75. The van der Waals surface area contributed by atoms with Crippen LogP contribution < -0.4 is 0 Å². The molecule has 1 aliphatic heterocycles. The minimum atomic E-state index is -0.326. The number of carbonyl (C=O) groups excluding carboxylic acids is 2. The zero-order valence-electron chi connectivity index (χ0n) is 6.44. The van der Waals surface area contributed by atoms with Gasteiger partial charge in [-0.1, -0.05) is 12.8 Å². The fraction of sp³-hybridized carbons (Fsp3) is 0.667. The topological polar surface area (TPSA) is 40.6 Å². The molecule has 0 unspecified atom stereocenters. The molecule has 1 aliphatic rings. The fourth-order valence-electron chi connectivity index (χ4n) is 0.912. The number of nitrogens with zero attached hydrogens (tertiary/aromatic N) is 2. The highest BCUT2D eigenvalue weighted by Gasteiger charge is 2.35. The number of amides is 3. The van der Waals surface area contributed by atoms with Crippen molar-refractivity contribution in [2.24, 2.45) is 0 Å². The molecule has 1 saturated heterocycles. The van der Waals surface area contributed by atoms with Gasteiger partial charge in [0.05, 0.1) is 0 Å². The van der Waals surface area contributed by atoms with Gasteiger partial charge >= 0.3 is 6.03 Å². The number of rotatable bonds is 1. The third kappa shape index (κ3) is 1.33. The molecule has 0 aromatic heterocycles. The van der Waals surface area contributed by atoms with Crippen LogP contribution in [0.3, 0.4) is 0 Å². The van der Waals surface area contributed by atoms with Crippen molar-refractivity contribution in [2.45, 2.75) is 19.9 Å². The van der Waals surface area contributed by atoms with Crippen LogP contribution in [0.25, 0.3) is 0 Å². The molecule has 0 N–H and O–H groups in total. The van der Waals surface area contributed by atoms with Gasteiger partial charge in [-0.3, -0.25) is 4.79 Å². The van der Waals surface area contributed by atoms with Crippen LogP contribution in [-0.4, -0.2) is 33.7 Å². The summed E-state index contributed by atoms with van der Waals surface area (Å²) >= 11 is 3.73. The third-order valence-corrected chi connectivity index (χ3v) is 1.99. The quantitative estimate of drug-likeness (QED) is 0.464. The summed E-state index contributed by atoms with van der Waals surface area (Å²) in [5.41, 5.74) is 0. The second-order valence-corrected chi connectivity index (χ2v) is 3.11. The SMILES string of the molecule is CC(C)N1CC(=O)N(S)C1=O. The second-order valence-electron chi connectivity index (χ2n) is 2.71. The van der Waals surface area contributed by atoms with E-state index < -0.39 is 0 Å². The maximum absolute atomic E-state index is 11.1. The van der Waals surface area contributed by atoms with Gasteiger partial charge in [0, 0.05) is 6.04 Å². The van der Waals surface area contributed by atoms with Crippen LogP contribution in [0.2, 0.25) is 0 Å². The van der Waals surface area contributed by atoms with Gasteiger partial charge in [-0.25, -0.2) is 9.10 Å². The molecule has 62 valence electrons. The first-order chi connectivity index (χ1) is 5.04. The number of imide groups is 1. The van der Waals surface area contributed by atoms with Crippen molar-refractivity contribution in [3.8, 4) is 0 Å². The average molecular weight is 174 g/mol. The number of thiol groups is 1. The molecular formula is C6H10N2O2S. The van der Waals surface area contributed by atoms with Crippen molar-refractivity contribution >= 4 is 24.8 Å². The lowest BCUT2D eigenvalue weighted by Gasteiger charge is -2.17. The zero-order valence-corrected chi connectivity index (χ0v) is 7.34. The van der Waals surface area contributed by atoms with Crippen LogP contribution in [0.15, 0.2) is 0 Å². The van der Waals surface area contributed by atoms with Gasteiger partial charge in [0.15, 0.2) is 0 Å². The number of carbonyl (C=O) groups is 2. The number of hydrogen-bond donors (Lipinski definition) is 1. The molecule has 11 heavy (non-hydrogen) atoms. The monoisotopic (exact) mass is 174 g/mol. The van der Waals surface area contributed by atoms with Gasteiger partial charge in [-0.2, -0.15) is 0 Å². The summed E-state index contributed by atoms with van der Waals surface area (Å²) in [4.78, 5) is 23.5. The Hall–Kier alpha value is -0.710. The van der Waals surface area contributed by atoms with E-state index in [1.165, 1.54) is 4.90 Å². The summed E-state index contributed by atoms with van der Waals surface area (Å²) in [5, 5.41) is 0. The molecule has 5 heteroatoms. The first kappa shape index (κ1) is 8.39. The van der Waals surface area contributed by atoms with Crippen LogP contribution in [0.1, 0.15) is 13.8 Å². The molecule has 4 nitrogen and oxygen atoms in total. The highest BCUT2D eigenvalue weighted by Crippen LogP contribution is 2.14. The molecular weight excluding hydrogens is 164 g/mol. The Morgan fingerprint density at radius 1 is 1.45 bits per heavy atom. The van der Waals surface area contributed by atoms with Crippen molar-refractivity contribution in [1.29, 1.82) is 0 Å². The highest BCUT2D eigenvalue weighted by molar-refractivity contribution is 7.79. The van der Waals surface area contributed by atoms with Crippen molar-refractivity contribution < 1.29 is 9.59 Å². The predicted octanol–water partition coefficient (Wildman–Crippen LogP) is 0.504. The molecule has 0 atom stereocenters. The van der Waals surface area contributed by atoms with E-state index >= 15 is 0 Å². The largest absolute Gasteiger partial charge is 0.337 e. The minimum Gasteiger partial charge on any atom is -0.312 e. The normalized spacial score (nSPS) is 18.9. The summed E-state index contributed by atoms with van der Waals surface area (Å²) in [5.74, 6) is -0.257. The average Bonchev–Trinajstić information content (AvgIpc) is 2.17. The van der Waals surface area contributed by atoms with Crippen LogP contribution in [0.4, 0.5) is 4.79 Å². The van der Waals surface area contributed by atoms with Crippen LogP contribution in [-0.2, 0) is 4.79 Å². The first-order valence-corrected chi connectivity index (χ1v) is 3.76. The minimum absolute atomic E-state index is 0.0589. The summed E-state index contributed by atoms with van der Waals surface area (Å²) in [6.07, 6.45) is 0. The van der Waals surface area contributed by atoms with Gasteiger partial charge < -0.3 is 4.90 Å². The van der Waals surface area contributed by atoms with Crippen molar-refractivity contribution in [3.63, 3.8) is 0 Å². The molecule has 1 heterocycles. The van der Waals surface area contributed by atoms with Gasteiger partial charge in [-0.15, -0.1) is 0 Å². The van der Waals surface area contributed by atoms with E-state index in [4.69, 9.17) is 0 Å². The molecule has 0 spiro atoms. The van der Waals surface area contributed by atoms with E-state index in [0.717, 1.165) is 4.31 Å². The lowest BCUT2D eigenvalue weighted by atomic mass is 10.3. The molecule has 0 saturated carbocycles. The van der Waals surface area contributed by atoms with Crippen LogP contribution >= 0.6 is 12.8 Å². The van der Waals surface area contributed by atoms with Crippen molar-refractivity contribution in [1.82, 2.24) is 9.21 Å².